The van der Waals surface area contributed by atoms with Gasteiger partial charge in [0.15, 0.2) is 5.82 Å². The Labute approximate surface area is 130 Å². The van der Waals surface area contributed by atoms with Gasteiger partial charge in [-0.3, -0.25) is 9.69 Å². The van der Waals surface area contributed by atoms with Crippen molar-refractivity contribution in [3.63, 3.8) is 0 Å². The van der Waals surface area contributed by atoms with Gasteiger partial charge in [0.1, 0.15) is 10.5 Å². The first-order valence-electron chi connectivity index (χ1n) is 7.21. The van der Waals surface area contributed by atoms with Crippen molar-refractivity contribution < 1.29 is 4.52 Å². The molecule has 1 aliphatic heterocycles. The van der Waals surface area contributed by atoms with Crippen LogP contribution < -0.4 is 5.56 Å². The van der Waals surface area contributed by atoms with Crippen molar-refractivity contribution in [3.8, 4) is 0 Å². The molecule has 22 heavy (non-hydrogen) atoms. The van der Waals surface area contributed by atoms with Crippen molar-refractivity contribution in [1.29, 1.82) is 0 Å². The molecule has 8 heteroatoms. The Morgan fingerprint density at radius 3 is 3.23 bits per heavy atom. The number of thiophene rings is 1. The third kappa shape index (κ3) is 2.34. The van der Waals surface area contributed by atoms with Gasteiger partial charge in [-0.15, -0.1) is 11.3 Å². The van der Waals surface area contributed by atoms with Crippen LogP contribution in [0.15, 0.2) is 20.8 Å². The number of hydrogen-bond donors (Lipinski definition) is 1. The SMILES string of the molecule is Cc1nc([C@H]2CCCN2Cc2nc3ccsc3c(=O)[nH]2)no1. The molecule has 4 heterocycles. The number of fused-ring (bicyclic) bond motifs is 1. The standard InChI is InChI=1S/C14H15N5O2S/c1-8-15-13(18-21-8)10-3-2-5-19(10)7-11-16-9-4-6-22-12(9)14(20)17-11/h4,6,10H,2-3,5,7H2,1H3,(H,16,17,20)/t10-/m1/s1. The summed E-state index contributed by atoms with van der Waals surface area (Å²) in [5, 5.41) is 5.92. The Balaban J connectivity index is 1.62. The molecule has 0 spiro atoms. The van der Waals surface area contributed by atoms with Crippen LogP contribution in [0.3, 0.4) is 0 Å². The average molecular weight is 317 g/mol. The summed E-state index contributed by atoms with van der Waals surface area (Å²) >= 11 is 1.41. The van der Waals surface area contributed by atoms with E-state index in [2.05, 4.69) is 25.0 Å². The van der Waals surface area contributed by atoms with Crippen LogP contribution in [0.1, 0.15) is 36.4 Å². The molecule has 1 aliphatic rings. The van der Waals surface area contributed by atoms with Crippen LogP contribution >= 0.6 is 11.3 Å². The van der Waals surface area contributed by atoms with E-state index in [9.17, 15) is 4.79 Å². The van der Waals surface area contributed by atoms with E-state index in [0.29, 0.717) is 28.8 Å². The van der Waals surface area contributed by atoms with Gasteiger partial charge in [-0.2, -0.15) is 4.98 Å². The molecule has 0 aromatic carbocycles. The van der Waals surface area contributed by atoms with Crippen molar-refractivity contribution in [3.05, 3.63) is 39.3 Å². The van der Waals surface area contributed by atoms with Crippen molar-refractivity contribution >= 4 is 21.6 Å². The van der Waals surface area contributed by atoms with Crippen LogP contribution in [0.2, 0.25) is 0 Å². The Hall–Kier alpha value is -2.06. The van der Waals surface area contributed by atoms with E-state index in [1.807, 2.05) is 11.4 Å². The predicted molar refractivity (Wildman–Crippen MR) is 81.7 cm³/mol. The summed E-state index contributed by atoms with van der Waals surface area (Å²) in [6.07, 6.45) is 2.06. The molecular weight excluding hydrogens is 302 g/mol. The van der Waals surface area contributed by atoms with Gasteiger partial charge in [-0.05, 0) is 30.8 Å². The Bertz CT molecular complexity index is 867. The van der Waals surface area contributed by atoms with Crippen molar-refractivity contribution in [1.82, 2.24) is 25.0 Å². The third-order valence-corrected chi connectivity index (χ3v) is 4.82. The molecule has 114 valence electrons. The molecule has 3 aromatic heterocycles. The zero-order valence-electron chi connectivity index (χ0n) is 12.1. The lowest BCUT2D eigenvalue weighted by atomic mass is 10.2. The zero-order chi connectivity index (χ0) is 15.1. The molecule has 0 bridgehead atoms. The van der Waals surface area contributed by atoms with E-state index in [0.717, 1.165) is 24.9 Å². The predicted octanol–water partition coefficient (Wildman–Crippen LogP) is 2.01. The summed E-state index contributed by atoms with van der Waals surface area (Å²) in [5.41, 5.74) is 0.691. The average Bonchev–Trinajstić information content (AvgIpc) is 3.19. The molecule has 1 fully saturated rings. The summed E-state index contributed by atoms with van der Waals surface area (Å²) in [7, 11) is 0. The number of nitrogens with one attached hydrogen (secondary N) is 1. The quantitative estimate of drug-likeness (QED) is 0.795. The van der Waals surface area contributed by atoms with E-state index in [1.165, 1.54) is 11.3 Å². The maximum Gasteiger partial charge on any atom is 0.268 e. The molecule has 0 radical (unpaired) electrons. The van der Waals surface area contributed by atoms with Crippen molar-refractivity contribution in [2.75, 3.05) is 6.54 Å². The van der Waals surface area contributed by atoms with Crippen molar-refractivity contribution in [2.45, 2.75) is 32.4 Å². The maximum atomic E-state index is 12.0. The molecule has 0 amide bonds. The minimum Gasteiger partial charge on any atom is -0.340 e. The first kappa shape index (κ1) is 13.6. The number of likely N-dealkylation sites (tertiary alicyclic amines) is 1. The van der Waals surface area contributed by atoms with Crippen LogP contribution in [-0.2, 0) is 6.54 Å². The second-order valence-corrected chi connectivity index (χ2v) is 6.36. The highest BCUT2D eigenvalue weighted by atomic mass is 32.1. The molecule has 0 saturated carbocycles. The molecule has 0 unspecified atom stereocenters. The Morgan fingerprint density at radius 1 is 1.50 bits per heavy atom. The summed E-state index contributed by atoms with van der Waals surface area (Å²) in [6, 6.07) is 2.00. The minimum absolute atomic E-state index is 0.0684. The largest absolute Gasteiger partial charge is 0.340 e. The summed E-state index contributed by atoms with van der Waals surface area (Å²) < 4.78 is 5.76. The van der Waals surface area contributed by atoms with E-state index in [4.69, 9.17) is 4.52 Å². The van der Waals surface area contributed by atoms with Gasteiger partial charge in [-0.1, -0.05) is 5.16 Å². The number of aromatic amines is 1. The van der Waals surface area contributed by atoms with E-state index in [-0.39, 0.29) is 11.6 Å². The number of hydrogen-bond acceptors (Lipinski definition) is 7. The minimum atomic E-state index is -0.0684. The van der Waals surface area contributed by atoms with E-state index < -0.39 is 0 Å². The smallest absolute Gasteiger partial charge is 0.268 e. The highest BCUT2D eigenvalue weighted by molar-refractivity contribution is 7.17. The van der Waals surface area contributed by atoms with Gasteiger partial charge >= 0.3 is 0 Å². The monoisotopic (exact) mass is 317 g/mol. The number of H-pyrrole nitrogens is 1. The van der Waals surface area contributed by atoms with Crippen LogP contribution in [0.25, 0.3) is 10.2 Å². The van der Waals surface area contributed by atoms with Gasteiger partial charge in [0.25, 0.3) is 5.56 Å². The Morgan fingerprint density at radius 2 is 2.41 bits per heavy atom. The second-order valence-electron chi connectivity index (χ2n) is 5.45. The van der Waals surface area contributed by atoms with Gasteiger partial charge in [-0.25, -0.2) is 4.98 Å². The number of aryl methyl sites for hydroxylation is 1. The Kier molecular flexibility index (Phi) is 3.27. The van der Waals surface area contributed by atoms with Crippen LogP contribution in [0.5, 0.6) is 0 Å². The number of aromatic nitrogens is 4. The fraction of sp³-hybridized carbons (Fsp3) is 0.429. The molecule has 3 aromatic rings. The third-order valence-electron chi connectivity index (χ3n) is 3.92. The summed E-state index contributed by atoms with van der Waals surface area (Å²) in [4.78, 5) is 26.0. The fourth-order valence-electron chi connectivity index (χ4n) is 2.95. The number of rotatable bonds is 3. The molecular formula is C14H15N5O2S. The molecule has 4 rings (SSSR count). The molecule has 7 nitrogen and oxygen atoms in total. The molecule has 0 aliphatic carbocycles. The lowest BCUT2D eigenvalue weighted by Gasteiger charge is -2.20. The topological polar surface area (TPSA) is 87.9 Å². The van der Waals surface area contributed by atoms with Gasteiger partial charge < -0.3 is 9.51 Å². The summed E-state index contributed by atoms with van der Waals surface area (Å²) in [5.74, 6) is 1.98. The maximum absolute atomic E-state index is 12.0. The normalized spacial score (nSPS) is 19.2. The van der Waals surface area contributed by atoms with Gasteiger partial charge in [0.2, 0.25) is 5.89 Å². The van der Waals surface area contributed by atoms with Crippen LogP contribution in [0.4, 0.5) is 0 Å². The van der Waals surface area contributed by atoms with E-state index in [1.54, 1.807) is 6.92 Å². The highest BCUT2D eigenvalue weighted by Gasteiger charge is 2.30. The molecule has 1 saturated heterocycles. The lowest BCUT2D eigenvalue weighted by molar-refractivity contribution is 0.228. The first-order valence-corrected chi connectivity index (χ1v) is 8.09. The summed E-state index contributed by atoms with van der Waals surface area (Å²) in [6.45, 7) is 3.31. The van der Waals surface area contributed by atoms with Crippen LogP contribution in [0, 0.1) is 6.92 Å². The zero-order valence-corrected chi connectivity index (χ0v) is 12.9. The van der Waals surface area contributed by atoms with Gasteiger partial charge in [0, 0.05) is 6.92 Å². The molecule has 1 atom stereocenters. The number of nitrogens with zero attached hydrogens (tertiary/aromatic N) is 4. The molecule has 1 N–H and O–H groups in total. The fourth-order valence-corrected chi connectivity index (χ4v) is 3.67. The highest BCUT2D eigenvalue weighted by Crippen LogP contribution is 2.31. The lowest BCUT2D eigenvalue weighted by Crippen LogP contribution is -2.26. The first-order chi connectivity index (χ1) is 10.7. The van der Waals surface area contributed by atoms with E-state index >= 15 is 0 Å². The van der Waals surface area contributed by atoms with Crippen molar-refractivity contribution in [2.24, 2.45) is 0 Å². The van der Waals surface area contributed by atoms with Crippen LogP contribution in [-0.4, -0.2) is 31.6 Å². The second kappa shape index (κ2) is 5.29. The van der Waals surface area contributed by atoms with Gasteiger partial charge in [0.05, 0.1) is 18.1 Å².